The lowest BCUT2D eigenvalue weighted by Crippen LogP contribution is -2.11. The molecule has 2 N–H and O–H groups in total. The first-order chi connectivity index (χ1) is 9.37. The Kier molecular flexibility index (Phi) is 3.92. The smallest absolute Gasteiger partial charge is 0.382 e. The van der Waals surface area contributed by atoms with Crippen molar-refractivity contribution in [3.8, 4) is 11.3 Å². The average Bonchev–Trinajstić information content (AvgIpc) is 2.38. The van der Waals surface area contributed by atoms with Crippen LogP contribution in [0.1, 0.15) is 17.7 Å². The van der Waals surface area contributed by atoms with Crippen molar-refractivity contribution in [1.29, 1.82) is 0 Å². The molecule has 2 rings (SSSR count). The van der Waals surface area contributed by atoms with E-state index in [1.807, 2.05) is 31.2 Å². The van der Waals surface area contributed by atoms with Gasteiger partial charge in [0, 0.05) is 18.4 Å². The zero-order valence-electron chi connectivity index (χ0n) is 10.9. The Bertz CT molecular complexity index is 609. The zero-order chi connectivity index (χ0) is 14.8. The summed E-state index contributed by atoms with van der Waals surface area (Å²) in [7, 11) is 0. The highest BCUT2D eigenvalue weighted by molar-refractivity contribution is 5.63. The van der Waals surface area contributed by atoms with Gasteiger partial charge in [-0.05, 0) is 12.5 Å². The lowest BCUT2D eigenvalue weighted by Gasteiger charge is -2.10. The summed E-state index contributed by atoms with van der Waals surface area (Å²) < 4.78 is 36.8. The minimum absolute atomic E-state index is 0.0478. The predicted octanol–water partition coefficient (Wildman–Crippen LogP) is 3.53. The van der Waals surface area contributed by atoms with E-state index in [4.69, 9.17) is 5.73 Å². The molecule has 0 aliphatic carbocycles. The van der Waals surface area contributed by atoms with E-state index in [1.165, 1.54) is 6.20 Å². The second-order valence-electron chi connectivity index (χ2n) is 4.52. The van der Waals surface area contributed by atoms with Gasteiger partial charge in [0.2, 0.25) is 0 Å². The minimum Gasteiger partial charge on any atom is -0.382 e. The summed E-state index contributed by atoms with van der Waals surface area (Å²) in [5.74, 6) is 0.0478. The van der Waals surface area contributed by atoms with Crippen molar-refractivity contribution in [2.75, 3.05) is 5.73 Å². The summed E-state index contributed by atoms with van der Waals surface area (Å²) in [4.78, 5) is 8.16. The molecule has 0 spiro atoms. The number of nitrogen functional groups attached to an aromatic ring is 1. The molecule has 6 heteroatoms. The van der Waals surface area contributed by atoms with Gasteiger partial charge < -0.3 is 5.73 Å². The Morgan fingerprint density at radius 2 is 1.90 bits per heavy atom. The van der Waals surface area contributed by atoms with Gasteiger partial charge in [-0.3, -0.25) is 0 Å². The second kappa shape index (κ2) is 5.48. The molecule has 0 aliphatic rings. The number of nitrogens with zero attached hydrogens (tertiary/aromatic N) is 2. The van der Waals surface area contributed by atoms with E-state index in [2.05, 4.69) is 9.97 Å². The molecule has 0 unspecified atom stereocenters. The number of halogens is 3. The van der Waals surface area contributed by atoms with Gasteiger partial charge >= 0.3 is 6.18 Å². The van der Waals surface area contributed by atoms with Gasteiger partial charge in [-0.25, -0.2) is 9.97 Å². The SMILES string of the molecule is Cc1ccccc1-c1cnc(N)c(CCC(F)(F)F)n1. The van der Waals surface area contributed by atoms with Gasteiger partial charge in [0.25, 0.3) is 0 Å². The Labute approximate surface area is 114 Å². The maximum absolute atomic E-state index is 12.3. The molecule has 0 radical (unpaired) electrons. The Morgan fingerprint density at radius 1 is 1.20 bits per heavy atom. The van der Waals surface area contributed by atoms with Gasteiger partial charge in [0.1, 0.15) is 5.82 Å². The van der Waals surface area contributed by atoms with Gasteiger partial charge in [-0.2, -0.15) is 13.2 Å². The Balaban J connectivity index is 2.32. The topological polar surface area (TPSA) is 51.8 Å². The van der Waals surface area contributed by atoms with E-state index in [1.54, 1.807) is 0 Å². The number of nitrogens with two attached hydrogens (primary N) is 1. The molecule has 0 fully saturated rings. The van der Waals surface area contributed by atoms with Crippen molar-refractivity contribution < 1.29 is 13.2 Å². The highest BCUT2D eigenvalue weighted by atomic mass is 19.4. The van der Waals surface area contributed by atoms with E-state index in [-0.39, 0.29) is 17.9 Å². The molecule has 1 aromatic carbocycles. The summed E-state index contributed by atoms with van der Waals surface area (Å²) in [6.45, 7) is 1.91. The number of aromatic nitrogens is 2. The van der Waals surface area contributed by atoms with Crippen LogP contribution in [0.4, 0.5) is 19.0 Å². The first-order valence-electron chi connectivity index (χ1n) is 6.11. The first-order valence-corrected chi connectivity index (χ1v) is 6.11. The minimum atomic E-state index is -4.23. The molecule has 1 aromatic heterocycles. The third-order valence-electron chi connectivity index (χ3n) is 2.94. The number of anilines is 1. The molecule has 0 atom stereocenters. The molecule has 20 heavy (non-hydrogen) atoms. The monoisotopic (exact) mass is 281 g/mol. The summed E-state index contributed by atoms with van der Waals surface area (Å²) in [5.41, 5.74) is 8.13. The quantitative estimate of drug-likeness (QED) is 0.936. The van der Waals surface area contributed by atoms with Gasteiger partial charge in [0.15, 0.2) is 0 Å². The van der Waals surface area contributed by atoms with Gasteiger partial charge in [0.05, 0.1) is 17.6 Å². The maximum atomic E-state index is 12.3. The number of hydrogen-bond donors (Lipinski definition) is 1. The van der Waals surface area contributed by atoms with Crippen LogP contribution in [0.2, 0.25) is 0 Å². The zero-order valence-corrected chi connectivity index (χ0v) is 10.9. The van der Waals surface area contributed by atoms with Crippen molar-refractivity contribution >= 4 is 5.82 Å². The van der Waals surface area contributed by atoms with Crippen LogP contribution in [0.25, 0.3) is 11.3 Å². The molecule has 3 nitrogen and oxygen atoms in total. The highest BCUT2D eigenvalue weighted by Gasteiger charge is 2.27. The Hall–Kier alpha value is -2.11. The summed E-state index contributed by atoms with van der Waals surface area (Å²) >= 11 is 0. The van der Waals surface area contributed by atoms with E-state index < -0.39 is 12.6 Å². The van der Waals surface area contributed by atoms with Crippen LogP contribution in [0.5, 0.6) is 0 Å². The molecular weight excluding hydrogens is 267 g/mol. The van der Waals surface area contributed by atoms with Crippen molar-refractivity contribution in [2.45, 2.75) is 25.9 Å². The molecule has 2 aromatic rings. The average molecular weight is 281 g/mol. The molecule has 106 valence electrons. The van der Waals surface area contributed by atoms with Gasteiger partial charge in [-0.1, -0.05) is 24.3 Å². The van der Waals surface area contributed by atoms with E-state index in [0.29, 0.717) is 5.69 Å². The van der Waals surface area contributed by atoms with Crippen molar-refractivity contribution in [2.24, 2.45) is 0 Å². The third kappa shape index (κ3) is 3.46. The fourth-order valence-electron chi connectivity index (χ4n) is 1.87. The fraction of sp³-hybridized carbons (Fsp3) is 0.286. The normalized spacial score (nSPS) is 11.6. The largest absolute Gasteiger partial charge is 0.389 e. The predicted molar refractivity (Wildman–Crippen MR) is 71.0 cm³/mol. The van der Waals surface area contributed by atoms with Gasteiger partial charge in [-0.15, -0.1) is 0 Å². The highest BCUT2D eigenvalue weighted by Crippen LogP contribution is 2.25. The Morgan fingerprint density at radius 3 is 2.55 bits per heavy atom. The van der Waals surface area contributed by atoms with Crippen molar-refractivity contribution in [3.63, 3.8) is 0 Å². The van der Waals surface area contributed by atoms with Crippen LogP contribution in [-0.2, 0) is 6.42 Å². The molecule has 0 aliphatic heterocycles. The molecule has 1 heterocycles. The summed E-state index contributed by atoms with van der Waals surface area (Å²) in [5, 5.41) is 0. The molecular formula is C14H14F3N3. The van der Waals surface area contributed by atoms with E-state index in [9.17, 15) is 13.2 Å². The summed E-state index contributed by atoms with van der Waals surface area (Å²) in [6.07, 6.45) is -3.97. The van der Waals surface area contributed by atoms with Crippen LogP contribution in [-0.4, -0.2) is 16.1 Å². The number of hydrogen-bond acceptors (Lipinski definition) is 3. The molecule has 0 bridgehead atoms. The van der Waals surface area contributed by atoms with Crippen LogP contribution >= 0.6 is 0 Å². The first kappa shape index (κ1) is 14.3. The van der Waals surface area contributed by atoms with Crippen LogP contribution in [0.15, 0.2) is 30.5 Å². The lowest BCUT2D eigenvalue weighted by atomic mass is 10.1. The maximum Gasteiger partial charge on any atom is 0.389 e. The van der Waals surface area contributed by atoms with Crippen molar-refractivity contribution in [1.82, 2.24) is 9.97 Å². The third-order valence-corrected chi connectivity index (χ3v) is 2.94. The number of rotatable bonds is 3. The molecule has 0 amide bonds. The fourth-order valence-corrected chi connectivity index (χ4v) is 1.87. The molecule has 0 saturated carbocycles. The van der Waals surface area contributed by atoms with Crippen LogP contribution < -0.4 is 5.73 Å². The lowest BCUT2D eigenvalue weighted by molar-refractivity contribution is -0.134. The second-order valence-corrected chi connectivity index (χ2v) is 4.52. The molecule has 0 saturated heterocycles. The summed E-state index contributed by atoms with van der Waals surface area (Å²) in [6, 6.07) is 7.48. The van der Waals surface area contributed by atoms with Crippen molar-refractivity contribution in [3.05, 3.63) is 41.7 Å². The van der Waals surface area contributed by atoms with E-state index in [0.717, 1.165) is 11.1 Å². The van der Waals surface area contributed by atoms with Crippen LogP contribution in [0, 0.1) is 6.92 Å². The number of alkyl halides is 3. The van der Waals surface area contributed by atoms with Crippen LogP contribution in [0.3, 0.4) is 0 Å². The number of aryl methyl sites for hydroxylation is 2. The van der Waals surface area contributed by atoms with E-state index >= 15 is 0 Å². The number of benzene rings is 1. The standard InChI is InChI=1S/C14H14F3N3/c1-9-4-2-3-5-10(9)12-8-19-13(18)11(20-12)6-7-14(15,16)17/h2-5,8H,6-7H2,1H3,(H2,18,19).